The molecule has 0 fully saturated rings. The van der Waals surface area contributed by atoms with Crippen LogP contribution in [0.4, 0.5) is 0 Å². The monoisotopic (exact) mass is 254 g/mol. The van der Waals surface area contributed by atoms with Crippen LogP contribution in [0.1, 0.15) is 5.69 Å². The van der Waals surface area contributed by atoms with Crippen LogP contribution in [0, 0.1) is 0 Å². The second-order valence-corrected chi connectivity index (χ2v) is 5.19. The fraction of sp³-hybridized carbons (Fsp3) is 0.222. The summed E-state index contributed by atoms with van der Waals surface area (Å²) in [6, 6.07) is 1.78. The number of rotatable bonds is 1. The zero-order valence-electron chi connectivity index (χ0n) is 8.13. The van der Waals surface area contributed by atoms with Crippen molar-refractivity contribution in [1.82, 2.24) is 19.7 Å². The summed E-state index contributed by atoms with van der Waals surface area (Å²) in [5.74, 6) is 1.11. The van der Waals surface area contributed by atoms with Crippen molar-refractivity contribution in [3.63, 3.8) is 0 Å². The van der Waals surface area contributed by atoms with Crippen molar-refractivity contribution in [2.45, 2.75) is 11.3 Å². The smallest absolute Gasteiger partial charge is 0.224 e. The third kappa shape index (κ3) is 1.45. The molecule has 0 bridgehead atoms. The maximum atomic E-state index is 11.8. The summed E-state index contributed by atoms with van der Waals surface area (Å²) >= 11 is 5.83. The van der Waals surface area contributed by atoms with E-state index in [2.05, 4.69) is 15.1 Å². The highest BCUT2D eigenvalue weighted by molar-refractivity contribution is 7.85. The van der Waals surface area contributed by atoms with Crippen LogP contribution in [0.15, 0.2) is 23.4 Å². The Balaban J connectivity index is 2.29. The first-order chi connectivity index (χ1) is 7.75. The highest BCUT2D eigenvalue weighted by Gasteiger charge is 2.26. The Hall–Kier alpha value is -1.27. The van der Waals surface area contributed by atoms with Crippen LogP contribution in [0.5, 0.6) is 0 Å². The molecule has 1 unspecified atom stereocenters. The maximum Gasteiger partial charge on any atom is 0.224 e. The Morgan fingerprint density at radius 3 is 3.06 bits per heavy atom. The van der Waals surface area contributed by atoms with Gasteiger partial charge in [-0.2, -0.15) is 10.1 Å². The van der Waals surface area contributed by atoms with Crippen molar-refractivity contribution in [3.05, 3.63) is 29.4 Å². The number of hydrogen-bond donors (Lipinski definition) is 0. The first-order valence-electron chi connectivity index (χ1n) is 4.70. The molecule has 2 aromatic heterocycles. The summed E-state index contributed by atoms with van der Waals surface area (Å²) in [5, 5.41) is 4.24. The first-order valence-corrected chi connectivity index (χ1v) is 6.40. The zero-order valence-corrected chi connectivity index (χ0v) is 9.70. The highest BCUT2D eigenvalue weighted by atomic mass is 35.5. The first kappa shape index (κ1) is 9.92. The zero-order chi connectivity index (χ0) is 11.1. The number of halogens is 1. The third-order valence-corrected chi connectivity index (χ3v) is 3.98. The van der Waals surface area contributed by atoms with Crippen LogP contribution >= 0.6 is 11.6 Å². The Morgan fingerprint density at radius 1 is 1.44 bits per heavy atom. The Kier molecular flexibility index (Phi) is 2.26. The van der Waals surface area contributed by atoms with Crippen LogP contribution in [-0.4, -0.2) is 29.7 Å². The lowest BCUT2D eigenvalue weighted by Crippen LogP contribution is -2.06. The SMILES string of the molecule is O=S1CCc2nc(Cl)nc(-n3cccn3)c21. The minimum Gasteiger partial charge on any atom is -0.254 e. The van der Waals surface area contributed by atoms with Crippen LogP contribution in [0.2, 0.25) is 5.28 Å². The molecule has 5 nitrogen and oxygen atoms in total. The quantitative estimate of drug-likeness (QED) is 0.712. The van der Waals surface area contributed by atoms with E-state index in [0.717, 1.165) is 5.69 Å². The van der Waals surface area contributed by atoms with Crippen molar-refractivity contribution in [3.8, 4) is 5.82 Å². The van der Waals surface area contributed by atoms with Gasteiger partial charge in [0.2, 0.25) is 5.28 Å². The van der Waals surface area contributed by atoms with E-state index in [4.69, 9.17) is 11.6 Å². The topological polar surface area (TPSA) is 60.7 Å². The molecule has 3 heterocycles. The van der Waals surface area contributed by atoms with Gasteiger partial charge < -0.3 is 0 Å². The molecule has 0 amide bonds. The molecule has 3 rings (SSSR count). The van der Waals surface area contributed by atoms with E-state index < -0.39 is 10.8 Å². The standard InChI is InChI=1S/C9H7ClN4OS/c10-9-12-6-2-5-16(15)7(6)8(13-9)14-4-1-3-11-14/h1,3-4H,2,5H2. The summed E-state index contributed by atoms with van der Waals surface area (Å²) in [5.41, 5.74) is 0.767. The van der Waals surface area contributed by atoms with E-state index in [-0.39, 0.29) is 5.28 Å². The second-order valence-electron chi connectivity index (χ2n) is 3.34. The molecule has 0 aliphatic carbocycles. The largest absolute Gasteiger partial charge is 0.254 e. The fourth-order valence-electron chi connectivity index (χ4n) is 1.70. The lowest BCUT2D eigenvalue weighted by atomic mass is 10.3. The van der Waals surface area contributed by atoms with E-state index in [9.17, 15) is 4.21 Å². The Labute approximate surface area is 98.9 Å². The van der Waals surface area contributed by atoms with Gasteiger partial charge in [0.15, 0.2) is 5.82 Å². The molecule has 82 valence electrons. The molecule has 0 N–H and O–H groups in total. The summed E-state index contributed by atoms with van der Waals surface area (Å²) < 4.78 is 13.4. The van der Waals surface area contributed by atoms with Crippen molar-refractivity contribution in [2.75, 3.05) is 5.75 Å². The molecule has 1 aliphatic rings. The molecular formula is C9H7ClN4OS. The number of nitrogens with zero attached hydrogens (tertiary/aromatic N) is 4. The van der Waals surface area contributed by atoms with Gasteiger partial charge in [-0.1, -0.05) is 0 Å². The minimum absolute atomic E-state index is 0.170. The van der Waals surface area contributed by atoms with Crippen LogP contribution in [0.25, 0.3) is 5.82 Å². The molecule has 2 aromatic rings. The van der Waals surface area contributed by atoms with Crippen LogP contribution < -0.4 is 0 Å². The molecular weight excluding hydrogens is 248 g/mol. The fourth-order valence-corrected chi connectivity index (χ4v) is 3.22. The average molecular weight is 255 g/mol. The molecule has 1 aliphatic heterocycles. The van der Waals surface area contributed by atoms with Gasteiger partial charge in [0.25, 0.3) is 0 Å². The number of aromatic nitrogens is 4. The molecule has 0 spiro atoms. The molecule has 0 saturated heterocycles. The number of aryl methyl sites for hydroxylation is 1. The van der Waals surface area contributed by atoms with E-state index in [0.29, 0.717) is 22.9 Å². The van der Waals surface area contributed by atoms with E-state index >= 15 is 0 Å². The van der Waals surface area contributed by atoms with Crippen molar-refractivity contribution in [2.24, 2.45) is 0 Å². The predicted octanol–water partition coefficient (Wildman–Crippen LogP) is 0.979. The van der Waals surface area contributed by atoms with E-state index in [1.807, 2.05) is 0 Å². The van der Waals surface area contributed by atoms with Crippen molar-refractivity contribution < 1.29 is 4.21 Å². The minimum atomic E-state index is -1.05. The maximum absolute atomic E-state index is 11.8. The summed E-state index contributed by atoms with van der Waals surface area (Å²) in [7, 11) is -1.05. The molecule has 0 aromatic carbocycles. The second kappa shape index (κ2) is 3.64. The molecule has 16 heavy (non-hydrogen) atoms. The molecule has 1 atom stereocenters. The lowest BCUT2D eigenvalue weighted by Gasteiger charge is -2.06. The third-order valence-electron chi connectivity index (χ3n) is 2.36. The van der Waals surface area contributed by atoms with Gasteiger partial charge in [0, 0.05) is 24.6 Å². The summed E-state index contributed by atoms with van der Waals surface area (Å²) in [6.45, 7) is 0. The number of fused-ring (bicyclic) bond motifs is 1. The van der Waals surface area contributed by atoms with Gasteiger partial charge in [0.05, 0.1) is 16.5 Å². The Morgan fingerprint density at radius 2 is 2.31 bits per heavy atom. The summed E-state index contributed by atoms with van der Waals surface area (Å²) in [4.78, 5) is 8.85. The predicted molar refractivity (Wildman–Crippen MR) is 59.1 cm³/mol. The van der Waals surface area contributed by atoms with Crippen molar-refractivity contribution >= 4 is 22.4 Å². The van der Waals surface area contributed by atoms with Gasteiger partial charge in [-0.25, -0.2) is 9.67 Å². The lowest BCUT2D eigenvalue weighted by molar-refractivity contribution is 0.683. The van der Waals surface area contributed by atoms with Crippen LogP contribution in [-0.2, 0) is 17.2 Å². The summed E-state index contributed by atoms with van der Waals surface area (Å²) in [6.07, 6.45) is 4.06. The molecule has 7 heteroatoms. The Bertz CT molecular complexity index is 569. The van der Waals surface area contributed by atoms with Crippen LogP contribution in [0.3, 0.4) is 0 Å². The van der Waals surface area contributed by atoms with Gasteiger partial charge in [0.1, 0.15) is 4.90 Å². The normalized spacial score (nSPS) is 18.7. The van der Waals surface area contributed by atoms with Gasteiger partial charge in [-0.3, -0.25) is 4.21 Å². The van der Waals surface area contributed by atoms with E-state index in [1.54, 1.807) is 23.1 Å². The molecule has 0 saturated carbocycles. The van der Waals surface area contributed by atoms with Gasteiger partial charge in [-0.05, 0) is 17.7 Å². The van der Waals surface area contributed by atoms with Gasteiger partial charge in [-0.15, -0.1) is 0 Å². The molecule has 0 radical (unpaired) electrons. The van der Waals surface area contributed by atoms with Crippen molar-refractivity contribution in [1.29, 1.82) is 0 Å². The number of hydrogen-bond acceptors (Lipinski definition) is 4. The average Bonchev–Trinajstić information content (AvgIpc) is 2.87. The van der Waals surface area contributed by atoms with E-state index in [1.165, 1.54) is 0 Å². The highest BCUT2D eigenvalue weighted by Crippen LogP contribution is 2.27. The van der Waals surface area contributed by atoms with Gasteiger partial charge >= 0.3 is 0 Å².